The predicted octanol–water partition coefficient (Wildman–Crippen LogP) is 4.23. The van der Waals surface area contributed by atoms with Crippen molar-refractivity contribution in [2.75, 3.05) is 11.4 Å². The van der Waals surface area contributed by atoms with Gasteiger partial charge in [0.05, 0.1) is 23.2 Å². The summed E-state index contributed by atoms with van der Waals surface area (Å²) < 4.78 is 5.98. The highest BCUT2D eigenvalue weighted by Gasteiger charge is 2.64. The summed E-state index contributed by atoms with van der Waals surface area (Å²) in [6.45, 7) is 4.18. The van der Waals surface area contributed by atoms with E-state index < -0.39 is 11.4 Å². The van der Waals surface area contributed by atoms with Gasteiger partial charge in [0.2, 0.25) is 5.76 Å². The fourth-order valence-corrected chi connectivity index (χ4v) is 5.24. The summed E-state index contributed by atoms with van der Waals surface area (Å²) in [5.74, 6) is -0.938. The number of carbonyl (C=O) groups excluding carboxylic acids is 2. The Morgan fingerprint density at radius 3 is 2.38 bits per heavy atom. The van der Waals surface area contributed by atoms with Gasteiger partial charge >= 0.3 is 0 Å². The number of rotatable bonds is 4. The van der Waals surface area contributed by atoms with Crippen molar-refractivity contribution in [3.05, 3.63) is 124 Å². The molecule has 0 saturated heterocycles. The lowest BCUT2D eigenvalue weighted by atomic mass is 9.84. The normalized spacial score (nSPS) is 18.6. The molecule has 34 heavy (non-hydrogen) atoms. The summed E-state index contributed by atoms with van der Waals surface area (Å²) in [7, 11) is 0. The van der Waals surface area contributed by atoms with E-state index in [0.29, 0.717) is 28.8 Å². The van der Waals surface area contributed by atoms with Gasteiger partial charge < -0.3 is 14.2 Å². The maximum atomic E-state index is 14.4. The Bertz CT molecular complexity index is 1560. The van der Waals surface area contributed by atoms with Crippen molar-refractivity contribution in [1.82, 2.24) is 4.90 Å². The number of carbonyl (C=O) groups is 2. The Labute approximate surface area is 195 Å². The molecule has 0 radical (unpaired) electrons. The Morgan fingerprint density at radius 2 is 1.59 bits per heavy atom. The number of para-hydroxylation sites is 2. The van der Waals surface area contributed by atoms with Crippen molar-refractivity contribution in [2.24, 2.45) is 0 Å². The molecule has 6 heteroatoms. The van der Waals surface area contributed by atoms with Crippen molar-refractivity contribution in [1.29, 1.82) is 0 Å². The maximum Gasteiger partial charge on any atom is 0.291 e. The van der Waals surface area contributed by atoms with Crippen molar-refractivity contribution in [3.63, 3.8) is 0 Å². The van der Waals surface area contributed by atoms with E-state index in [4.69, 9.17) is 4.42 Å². The van der Waals surface area contributed by atoms with Crippen LogP contribution in [-0.4, -0.2) is 23.3 Å². The highest BCUT2D eigenvalue weighted by atomic mass is 16.3. The van der Waals surface area contributed by atoms with Gasteiger partial charge in [0, 0.05) is 12.1 Å². The average molecular weight is 448 g/mol. The van der Waals surface area contributed by atoms with Crippen LogP contribution in [0.2, 0.25) is 0 Å². The lowest BCUT2D eigenvalue weighted by Crippen LogP contribution is -2.53. The fraction of sp³-hybridized carbons (Fsp3) is 0.107. The van der Waals surface area contributed by atoms with Crippen LogP contribution >= 0.6 is 0 Å². The second-order valence-corrected chi connectivity index (χ2v) is 8.44. The SMILES string of the molecule is C=CCN1C(=O)c2oc3ccccc3c(=O)c2C12C(=O)N(Cc1ccccc1)c1ccccc12. The molecule has 0 saturated carbocycles. The van der Waals surface area contributed by atoms with Crippen LogP contribution in [0.4, 0.5) is 5.69 Å². The molecular formula is C28H20N2O4. The van der Waals surface area contributed by atoms with Crippen LogP contribution in [0.15, 0.2) is 101 Å². The molecule has 6 rings (SSSR count). The topological polar surface area (TPSA) is 70.8 Å². The Morgan fingerprint density at radius 1 is 0.882 bits per heavy atom. The molecule has 4 aromatic rings. The van der Waals surface area contributed by atoms with Crippen molar-refractivity contribution < 1.29 is 14.0 Å². The van der Waals surface area contributed by atoms with Crippen LogP contribution in [0.3, 0.4) is 0 Å². The molecule has 1 unspecified atom stereocenters. The molecule has 0 bridgehead atoms. The summed E-state index contributed by atoms with van der Waals surface area (Å²) in [6.07, 6.45) is 1.56. The standard InChI is InChI=1S/C28H20N2O4/c1-2-16-30-26(32)25-23(24(31)19-12-6-9-15-22(19)34-25)28(30)20-13-7-8-14-21(20)29(27(28)33)17-18-10-4-3-5-11-18/h2-15H,1,16-17H2. The van der Waals surface area contributed by atoms with Gasteiger partial charge in [0.15, 0.2) is 11.0 Å². The zero-order valence-corrected chi connectivity index (χ0v) is 18.2. The molecule has 0 N–H and O–H groups in total. The Balaban J connectivity index is 1.68. The number of nitrogens with zero attached hydrogens (tertiary/aromatic N) is 2. The van der Waals surface area contributed by atoms with Crippen LogP contribution in [0, 0.1) is 0 Å². The second-order valence-electron chi connectivity index (χ2n) is 8.44. The lowest BCUT2D eigenvalue weighted by molar-refractivity contribution is -0.126. The molecule has 166 valence electrons. The molecule has 1 atom stereocenters. The van der Waals surface area contributed by atoms with Crippen molar-refractivity contribution in [3.8, 4) is 0 Å². The molecule has 0 fully saturated rings. The third-order valence-electron chi connectivity index (χ3n) is 6.64. The third-order valence-corrected chi connectivity index (χ3v) is 6.64. The van der Waals surface area contributed by atoms with E-state index in [1.54, 1.807) is 35.2 Å². The quantitative estimate of drug-likeness (QED) is 0.438. The largest absolute Gasteiger partial charge is 0.450 e. The number of anilines is 1. The van der Waals surface area contributed by atoms with Crippen LogP contribution in [0.25, 0.3) is 11.0 Å². The Kier molecular flexibility index (Phi) is 4.32. The summed E-state index contributed by atoms with van der Waals surface area (Å²) >= 11 is 0. The van der Waals surface area contributed by atoms with Gasteiger partial charge in [-0.05, 0) is 23.8 Å². The van der Waals surface area contributed by atoms with E-state index >= 15 is 0 Å². The minimum Gasteiger partial charge on any atom is -0.450 e. The van der Waals surface area contributed by atoms with Gasteiger partial charge in [-0.2, -0.15) is 0 Å². The predicted molar refractivity (Wildman–Crippen MR) is 129 cm³/mol. The van der Waals surface area contributed by atoms with Gasteiger partial charge in [-0.1, -0.05) is 66.7 Å². The van der Waals surface area contributed by atoms with Gasteiger partial charge in [-0.15, -0.1) is 6.58 Å². The zero-order chi connectivity index (χ0) is 23.4. The first-order valence-electron chi connectivity index (χ1n) is 11.0. The van der Waals surface area contributed by atoms with E-state index in [9.17, 15) is 14.4 Å². The molecule has 3 aromatic carbocycles. The summed E-state index contributed by atoms with van der Waals surface area (Å²) in [5.41, 5.74) is 0.595. The number of fused-ring (bicyclic) bond motifs is 5. The lowest BCUT2D eigenvalue weighted by Gasteiger charge is -2.33. The molecule has 2 aliphatic heterocycles. The summed E-state index contributed by atoms with van der Waals surface area (Å²) in [6, 6.07) is 23.7. The van der Waals surface area contributed by atoms with E-state index in [-0.39, 0.29) is 29.2 Å². The van der Waals surface area contributed by atoms with Gasteiger partial charge in [-0.3, -0.25) is 14.4 Å². The molecular weight excluding hydrogens is 428 g/mol. The monoisotopic (exact) mass is 448 g/mol. The Hall–Kier alpha value is -4.45. The zero-order valence-electron chi connectivity index (χ0n) is 18.2. The third kappa shape index (κ3) is 2.48. The van der Waals surface area contributed by atoms with E-state index in [1.165, 1.54) is 4.90 Å². The molecule has 2 amide bonds. The van der Waals surface area contributed by atoms with E-state index in [2.05, 4.69) is 6.58 Å². The minimum absolute atomic E-state index is 0.0751. The first-order valence-corrected chi connectivity index (χ1v) is 11.0. The van der Waals surface area contributed by atoms with E-state index in [1.807, 2.05) is 54.6 Å². The van der Waals surface area contributed by atoms with Crippen molar-refractivity contribution >= 4 is 28.5 Å². The molecule has 6 nitrogen and oxygen atoms in total. The smallest absolute Gasteiger partial charge is 0.291 e. The van der Waals surface area contributed by atoms with E-state index in [0.717, 1.165) is 5.56 Å². The highest BCUT2D eigenvalue weighted by Crippen LogP contribution is 2.52. The number of hydrogen-bond acceptors (Lipinski definition) is 4. The molecule has 2 aliphatic rings. The number of amides is 2. The van der Waals surface area contributed by atoms with Gasteiger partial charge in [-0.25, -0.2) is 0 Å². The second kappa shape index (κ2) is 7.28. The summed E-state index contributed by atoms with van der Waals surface area (Å²) in [4.78, 5) is 45.0. The molecule has 1 spiro atoms. The fourth-order valence-electron chi connectivity index (χ4n) is 5.24. The number of hydrogen-bond donors (Lipinski definition) is 0. The molecule has 0 aliphatic carbocycles. The van der Waals surface area contributed by atoms with Crippen LogP contribution in [0.1, 0.15) is 27.2 Å². The molecule has 3 heterocycles. The molecule has 1 aromatic heterocycles. The number of benzene rings is 3. The van der Waals surface area contributed by atoms with Gasteiger partial charge in [0.25, 0.3) is 11.8 Å². The average Bonchev–Trinajstić information content (AvgIpc) is 3.25. The van der Waals surface area contributed by atoms with Crippen LogP contribution in [0.5, 0.6) is 0 Å². The van der Waals surface area contributed by atoms with Crippen molar-refractivity contribution in [2.45, 2.75) is 12.1 Å². The maximum absolute atomic E-state index is 14.4. The first kappa shape index (κ1) is 20.2. The van der Waals surface area contributed by atoms with Gasteiger partial charge in [0.1, 0.15) is 5.58 Å². The van der Waals surface area contributed by atoms with Crippen LogP contribution in [-0.2, 0) is 16.9 Å². The highest BCUT2D eigenvalue weighted by molar-refractivity contribution is 6.17. The summed E-state index contributed by atoms with van der Waals surface area (Å²) in [5, 5.41) is 0.334. The minimum atomic E-state index is -1.61. The van der Waals surface area contributed by atoms with Crippen LogP contribution < -0.4 is 10.3 Å². The first-order chi connectivity index (χ1) is 16.6.